The molecular formula is C16H11ClN2O5. The van der Waals surface area contributed by atoms with Crippen molar-refractivity contribution in [2.45, 2.75) is 0 Å². The van der Waals surface area contributed by atoms with E-state index in [1.807, 2.05) is 12.1 Å². The fourth-order valence-electron chi connectivity index (χ4n) is 2.17. The summed E-state index contributed by atoms with van der Waals surface area (Å²) in [4.78, 5) is 14.6. The highest BCUT2D eigenvalue weighted by molar-refractivity contribution is 6.50. The van der Waals surface area contributed by atoms with Gasteiger partial charge >= 0.3 is 5.69 Å². The molecule has 1 N–H and O–H groups in total. The summed E-state index contributed by atoms with van der Waals surface area (Å²) in [5.41, 5.74) is 1.10. The number of nitro benzene ring substituents is 1. The van der Waals surface area contributed by atoms with E-state index in [-0.39, 0.29) is 16.7 Å². The maximum absolute atomic E-state index is 11.0. The number of aromatic hydroxyl groups is 1. The maximum atomic E-state index is 11.0. The lowest BCUT2D eigenvalue weighted by Crippen LogP contribution is -1.93. The van der Waals surface area contributed by atoms with Gasteiger partial charge in [0.25, 0.3) is 0 Å². The van der Waals surface area contributed by atoms with Crippen LogP contribution in [-0.4, -0.2) is 22.1 Å². The molecule has 1 heterocycles. The summed E-state index contributed by atoms with van der Waals surface area (Å²) in [7, 11) is 1.30. The summed E-state index contributed by atoms with van der Waals surface area (Å²) < 4.78 is 10.5. The zero-order valence-electron chi connectivity index (χ0n) is 12.4. The number of aromatic nitrogens is 1. The van der Waals surface area contributed by atoms with Crippen LogP contribution in [0, 0.1) is 10.1 Å². The van der Waals surface area contributed by atoms with Gasteiger partial charge in [-0.05, 0) is 29.8 Å². The van der Waals surface area contributed by atoms with Gasteiger partial charge in [-0.15, -0.1) is 0 Å². The van der Waals surface area contributed by atoms with Crippen LogP contribution < -0.4 is 4.74 Å². The van der Waals surface area contributed by atoms with Gasteiger partial charge in [0.1, 0.15) is 10.5 Å². The van der Waals surface area contributed by atoms with Crippen LogP contribution >= 0.6 is 11.6 Å². The molecule has 0 aliphatic rings. The van der Waals surface area contributed by atoms with Crippen LogP contribution in [0.3, 0.4) is 0 Å². The molecule has 24 heavy (non-hydrogen) atoms. The van der Waals surface area contributed by atoms with Gasteiger partial charge in [-0.25, -0.2) is 4.98 Å². The summed E-state index contributed by atoms with van der Waals surface area (Å²) >= 11 is 6.21. The molecule has 0 aliphatic carbocycles. The molecule has 0 fully saturated rings. The first-order valence-electron chi connectivity index (χ1n) is 6.78. The second-order valence-electron chi connectivity index (χ2n) is 4.83. The maximum Gasteiger partial charge on any atom is 0.315 e. The van der Waals surface area contributed by atoms with E-state index in [1.165, 1.54) is 25.3 Å². The van der Waals surface area contributed by atoms with Crippen molar-refractivity contribution >= 4 is 39.5 Å². The van der Waals surface area contributed by atoms with Crippen molar-refractivity contribution in [2.24, 2.45) is 0 Å². The fraction of sp³-hybridized carbons (Fsp3) is 0.0625. The van der Waals surface area contributed by atoms with Crippen LogP contribution in [0.1, 0.15) is 11.5 Å². The molecule has 0 radical (unpaired) electrons. The van der Waals surface area contributed by atoms with E-state index in [4.69, 9.17) is 20.8 Å². The van der Waals surface area contributed by atoms with Crippen LogP contribution in [0.2, 0.25) is 0 Å². The van der Waals surface area contributed by atoms with E-state index in [2.05, 4.69) is 4.98 Å². The lowest BCUT2D eigenvalue weighted by atomic mass is 10.1. The Morgan fingerprint density at radius 3 is 2.83 bits per heavy atom. The molecule has 0 amide bonds. The van der Waals surface area contributed by atoms with Gasteiger partial charge in [0.05, 0.1) is 12.0 Å². The summed E-state index contributed by atoms with van der Waals surface area (Å²) in [5.74, 6) is -0.386. The standard InChI is InChI=1S/C16H11ClN2O5/c1-23-14-8-9(7-12(15(14)20)19(21)22)6-10(17)16-18-11-4-2-3-5-13(11)24-16/h2-8,20H,1H3/b10-6-. The summed E-state index contributed by atoms with van der Waals surface area (Å²) in [6.45, 7) is 0. The Labute approximate surface area is 140 Å². The molecule has 122 valence electrons. The SMILES string of the molecule is COc1cc(/C=C(\Cl)c2nc3ccccc3o2)cc([N+](=O)[O-])c1O. The predicted octanol–water partition coefficient (Wildman–Crippen LogP) is 4.19. The smallest absolute Gasteiger partial charge is 0.315 e. The number of methoxy groups -OCH3 is 1. The molecule has 8 heteroatoms. The highest BCUT2D eigenvalue weighted by Gasteiger charge is 2.20. The molecule has 0 atom stereocenters. The third kappa shape index (κ3) is 2.89. The number of nitro groups is 1. The first-order valence-corrected chi connectivity index (χ1v) is 7.16. The number of ether oxygens (including phenoxy) is 1. The van der Waals surface area contributed by atoms with Gasteiger partial charge in [-0.3, -0.25) is 10.1 Å². The molecule has 0 unspecified atom stereocenters. The highest BCUT2D eigenvalue weighted by atomic mass is 35.5. The Balaban J connectivity index is 2.06. The number of oxazole rings is 1. The quantitative estimate of drug-likeness (QED) is 0.561. The third-order valence-corrected chi connectivity index (χ3v) is 3.56. The molecule has 7 nitrogen and oxygen atoms in total. The number of nitrogens with zero attached hydrogens (tertiary/aromatic N) is 2. The Morgan fingerprint density at radius 2 is 2.17 bits per heavy atom. The minimum atomic E-state index is -0.706. The lowest BCUT2D eigenvalue weighted by Gasteiger charge is -2.05. The Morgan fingerprint density at radius 1 is 1.42 bits per heavy atom. The highest BCUT2D eigenvalue weighted by Crippen LogP contribution is 2.38. The van der Waals surface area contributed by atoms with Crippen LogP contribution in [0.5, 0.6) is 11.5 Å². The zero-order valence-corrected chi connectivity index (χ0v) is 13.1. The van der Waals surface area contributed by atoms with Gasteiger partial charge in [-0.1, -0.05) is 23.7 Å². The average molecular weight is 347 g/mol. The van der Waals surface area contributed by atoms with Crippen LogP contribution in [0.25, 0.3) is 22.2 Å². The molecule has 2 aromatic carbocycles. The number of hydrogen-bond donors (Lipinski definition) is 1. The fourth-order valence-corrected chi connectivity index (χ4v) is 2.38. The van der Waals surface area contributed by atoms with Crippen molar-refractivity contribution in [1.82, 2.24) is 4.98 Å². The normalized spacial score (nSPS) is 11.7. The molecule has 0 spiro atoms. The lowest BCUT2D eigenvalue weighted by molar-refractivity contribution is -0.386. The summed E-state index contributed by atoms with van der Waals surface area (Å²) in [6.07, 6.45) is 1.45. The van der Waals surface area contributed by atoms with Crippen molar-refractivity contribution in [2.75, 3.05) is 7.11 Å². The van der Waals surface area contributed by atoms with E-state index in [1.54, 1.807) is 12.1 Å². The molecule has 0 saturated carbocycles. The van der Waals surface area contributed by atoms with Crippen molar-refractivity contribution in [3.05, 3.63) is 58.0 Å². The second kappa shape index (κ2) is 6.21. The minimum Gasteiger partial charge on any atom is -0.500 e. The van der Waals surface area contributed by atoms with E-state index in [0.29, 0.717) is 16.7 Å². The van der Waals surface area contributed by atoms with Crippen LogP contribution in [0.4, 0.5) is 5.69 Å². The van der Waals surface area contributed by atoms with Crippen molar-refractivity contribution in [1.29, 1.82) is 0 Å². The number of phenols is 1. The molecule has 0 saturated heterocycles. The first kappa shape index (κ1) is 15.8. The van der Waals surface area contributed by atoms with Crippen molar-refractivity contribution in [3.8, 4) is 11.5 Å². The number of hydrogen-bond acceptors (Lipinski definition) is 6. The number of fused-ring (bicyclic) bond motifs is 1. The molecule has 3 rings (SSSR count). The molecule has 0 bridgehead atoms. The largest absolute Gasteiger partial charge is 0.500 e. The van der Waals surface area contributed by atoms with Gasteiger partial charge in [0.15, 0.2) is 11.3 Å². The average Bonchev–Trinajstić information content (AvgIpc) is 3.00. The number of benzene rings is 2. The van der Waals surface area contributed by atoms with Crippen LogP contribution in [-0.2, 0) is 0 Å². The van der Waals surface area contributed by atoms with Gasteiger partial charge < -0.3 is 14.3 Å². The van der Waals surface area contributed by atoms with E-state index < -0.39 is 16.4 Å². The number of rotatable bonds is 4. The predicted molar refractivity (Wildman–Crippen MR) is 89.0 cm³/mol. The Hall–Kier alpha value is -3.06. The van der Waals surface area contributed by atoms with E-state index in [0.717, 1.165) is 0 Å². The third-order valence-electron chi connectivity index (χ3n) is 3.29. The zero-order chi connectivity index (χ0) is 17.3. The van der Waals surface area contributed by atoms with E-state index >= 15 is 0 Å². The number of phenolic OH excluding ortho intramolecular Hbond substituents is 1. The van der Waals surface area contributed by atoms with Crippen molar-refractivity contribution < 1.29 is 19.2 Å². The monoisotopic (exact) mass is 346 g/mol. The van der Waals surface area contributed by atoms with Gasteiger partial charge in [0, 0.05) is 6.07 Å². The Bertz CT molecular complexity index is 931. The molecule has 1 aromatic heterocycles. The molecule has 0 aliphatic heterocycles. The number of halogens is 1. The van der Waals surface area contributed by atoms with Crippen molar-refractivity contribution in [3.63, 3.8) is 0 Å². The Kier molecular flexibility index (Phi) is 4.09. The van der Waals surface area contributed by atoms with Crippen LogP contribution in [0.15, 0.2) is 40.8 Å². The molecular weight excluding hydrogens is 336 g/mol. The van der Waals surface area contributed by atoms with Gasteiger partial charge in [-0.2, -0.15) is 0 Å². The first-order chi connectivity index (χ1) is 11.5. The summed E-state index contributed by atoms with van der Waals surface area (Å²) in [5, 5.41) is 21.0. The van der Waals surface area contributed by atoms with Gasteiger partial charge in [0.2, 0.25) is 11.6 Å². The number of para-hydroxylation sites is 2. The minimum absolute atomic E-state index is 0.0301. The topological polar surface area (TPSA) is 98.6 Å². The second-order valence-corrected chi connectivity index (χ2v) is 5.23. The van der Waals surface area contributed by atoms with E-state index in [9.17, 15) is 15.2 Å². The summed E-state index contributed by atoms with van der Waals surface area (Å²) in [6, 6.07) is 9.77. The molecule has 3 aromatic rings.